The number of benzene rings is 1. The SMILES string of the molecule is CCN(C)C(=O)CNc1cc(S(=O)(=O)NC)ccc1N. The first-order valence-corrected chi connectivity index (χ1v) is 7.61. The van der Waals surface area contributed by atoms with Gasteiger partial charge in [0.1, 0.15) is 0 Å². The van der Waals surface area contributed by atoms with E-state index in [1.54, 1.807) is 11.9 Å². The Balaban J connectivity index is 2.91. The second kappa shape index (κ2) is 6.58. The van der Waals surface area contributed by atoms with Gasteiger partial charge in [-0.05, 0) is 32.2 Å². The topological polar surface area (TPSA) is 105 Å². The summed E-state index contributed by atoms with van der Waals surface area (Å²) in [5.74, 6) is -0.103. The predicted octanol–water partition coefficient (Wildman–Crippen LogP) is 0.0671. The fourth-order valence-electron chi connectivity index (χ4n) is 1.46. The van der Waals surface area contributed by atoms with Crippen LogP contribution in [0, 0.1) is 0 Å². The number of hydrogen-bond donors (Lipinski definition) is 3. The van der Waals surface area contributed by atoms with Crippen molar-refractivity contribution in [3.8, 4) is 0 Å². The van der Waals surface area contributed by atoms with Gasteiger partial charge in [0.15, 0.2) is 0 Å². The molecule has 7 nitrogen and oxygen atoms in total. The molecule has 20 heavy (non-hydrogen) atoms. The molecular weight excluding hydrogens is 280 g/mol. The number of anilines is 2. The lowest BCUT2D eigenvalue weighted by atomic mass is 10.2. The molecule has 0 fully saturated rings. The molecule has 1 aromatic rings. The summed E-state index contributed by atoms with van der Waals surface area (Å²) in [6.45, 7) is 2.52. The first-order chi connectivity index (χ1) is 9.31. The fourth-order valence-corrected chi connectivity index (χ4v) is 2.21. The molecule has 0 spiro atoms. The standard InChI is InChI=1S/C12H20N4O3S/c1-4-16(3)12(17)8-15-11-7-9(5-6-10(11)13)20(18,19)14-2/h5-7,14-15H,4,8,13H2,1-3H3. The molecule has 0 aliphatic heterocycles. The smallest absolute Gasteiger partial charge is 0.241 e. The average Bonchev–Trinajstić information content (AvgIpc) is 2.44. The van der Waals surface area contributed by atoms with Crippen LogP contribution in [0.4, 0.5) is 11.4 Å². The highest BCUT2D eigenvalue weighted by molar-refractivity contribution is 7.89. The molecule has 0 saturated heterocycles. The maximum atomic E-state index is 11.7. The number of carbonyl (C=O) groups excluding carboxylic acids is 1. The van der Waals surface area contributed by atoms with Gasteiger partial charge in [0, 0.05) is 13.6 Å². The molecular formula is C12H20N4O3S. The van der Waals surface area contributed by atoms with Crippen LogP contribution in [-0.2, 0) is 14.8 Å². The molecule has 0 aliphatic rings. The Labute approximate surface area is 119 Å². The maximum absolute atomic E-state index is 11.7. The van der Waals surface area contributed by atoms with Crippen molar-refractivity contribution in [3.05, 3.63) is 18.2 Å². The van der Waals surface area contributed by atoms with Gasteiger partial charge in [-0.1, -0.05) is 0 Å². The summed E-state index contributed by atoms with van der Waals surface area (Å²) >= 11 is 0. The van der Waals surface area contributed by atoms with Gasteiger partial charge in [-0.2, -0.15) is 0 Å². The molecule has 0 saturated carbocycles. The predicted molar refractivity (Wildman–Crippen MR) is 78.9 cm³/mol. The Morgan fingerprint density at radius 2 is 2.05 bits per heavy atom. The molecule has 0 bridgehead atoms. The largest absolute Gasteiger partial charge is 0.397 e. The number of nitrogens with zero attached hydrogens (tertiary/aromatic N) is 1. The average molecular weight is 300 g/mol. The molecule has 0 aliphatic carbocycles. The van der Waals surface area contributed by atoms with Crippen LogP contribution in [0.5, 0.6) is 0 Å². The monoisotopic (exact) mass is 300 g/mol. The highest BCUT2D eigenvalue weighted by Gasteiger charge is 2.14. The van der Waals surface area contributed by atoms with E-state index >= 15 is 0 Å². The van der Waals surface area contributed by atoms with Gasteiger partial charge in [0.25, 0.3) is 0 Å². The molecule has 1 aromatic carbocycles. The van der Waals surface area contributed by atoms with Gasteiger partial charge in [-0.3, -0.25) is 4.79 Å². The molecule has 0 atom stereocenters. The van der Waals surface area contributed by atoms with Gasteiger partial charge in [-0.15, -0.1) is 0 Å². The summed E-state index contributed by atoms with van der Waals surface area (Å²) in [7, 11) is -0.516. The summed E-state index contributed by atoms with van der Waals surface area (Å²) in [5, 5.41) is 2.86. The maximum Gasteiger partial charge on any atom is 0.241 e. The number of likely N-dealkylation sites (N-methyl/N-ethyl adjacent to an activating group) is 1. The summed E-state index contributed by atoms with van der Waals surface area (Å²) in [6, 6.07) is 4.30. The van der Waals surface area contributed by atoms with E-state index in [4.69, 9.17) is 5.73 Å². The van der Waals surface area contributed by atoms with Crippen molar-refractivity contribution in [1.82, 2.24) is 9.62 Å². The van der Waals surface area contributed by atoms with Crippen molar-refractivity contribution in [2.75, 3.05) is 38.2 Å². The number of amides is 1. The van der Waals surface area contributed by atoms with Crippen LogP contribution < -0.4 is 15.8 Å². The zero-order valence-electron chi connectivity index (χ0n) is 11.8. The summed E-state index contributed by atoms with van der Waals surface area (Å²) in [6.07, 6.45) is 0. The number of rotatable bonds is 6. The highest BCUT2D eigenvalue weighted by Crippen LogP contribution is 2.22. The van der Waals surface area contributed by atoms with E-state index in [-0.39, 0.29) is 17.3 Å². The van der Waals surface area contributed by atoms with Crippen LogP contribution in [0.2, 0.25) is 0 Å². The number of nitrogen functional groups attached to an aromatic ring is 1. The van der Waals surface area contributed by atoms with Crippen molar-refractivity contribution in [3.63, 3.8) is 0 Å². The summed E-state index contributed by atoms with van der Waals surface area (Å²) < 4.78 is 25.6. The molecule has 0 heterocycles. The fraction of sp³-hybridized carbons (Fsp3) is 0.417. The van der Waals surface area contributed by atoms with Crippen LogP contribution in [0.3, 0.4) is 0 Å². The third kappa shape index (κ3) is 3.84. The summed E-state index contributed by atoms with van der Waals surface area (Å²) in [4.78, 5) is 13.3. The third-order valence-electron chi connectivity index (χ3n) is 2.93. The zero-order valence-corrected chi connectivity index (χ0v) is 12.6. The normalized spacial score (nSPS) is 11.2. The van der Waals surface area contributed by atoms with Gasteiger partial charge in [-0.25, -0.2) is 13.1 Å². The Kier molecular flexibility index (Phi) is 5.34. The molecule has 1 amide bonds. The van der Waals surface area contributed by atoms with Crippen LogP contribution >= 0.6 is 0 Å². The molecule has 1 rings (SSSR count). The van der Waals surface area contributed by atoms with Gasteiger partial charge >= 0.3 is 0 Å². The zero-order chi connectivity index (χ0) is 15.3. The Morgan fingerprint density at radius 3 is 2.60 bits per heavy atom. The van der Waals surface area contributed by atoms with E-state index in [0.29, 0.717) is 17.9 Å². The van der Waals surface area contributed by atoms with E-state index in [0.717, 1.165) is 0 Å². The Hall–Kier alpha value is -1.80. The second-order valence-corrected chi connectivity index (χ2v) is 6.10. The molecule has 0 radical (unpaired) electrons. The van der Waals surface area contributed by atoms with Crippen molar-refractivity contribution in [2.24, 2.45) is 0 Å². The lowest BCUT2D eigenvalue weighted by Crippen LogP contribution is -2.32. The van der Waals surface area contributed by atoms with Gasteiger partial charge < -0.3 is 16.0 Å². The molecule has 0 unspecified atom stereocenters. The Bertz CT molecular complexity index is 586. The Morgan fingerprint density at radius 1 is 1.40 bits per heavy atom. The number of nitrogens with one attached hydrogen (secondary N) is 2. The van der Waals surface area contributed by atoms with Crippen molar-refractivity contribution < 1.29 is 13.2 Å². The van der Waals surface area contributed by atoms with Crippen molar-refractivity contribution >= 4 is 27.3 Å². The number of nitrogens with two attached hydrogens (primary N) is 1. The first-order valence-electron chi connectivity index (χ1n) is 6.12. The minimum atomic E-state index is -3.54. The quantitative estimate of drug-likeness (QED) is 0.645. The number of sulfonamides is 1. The van der Waals surface area contributed by atoms with E-state index in [9.17, 15) is 13.2 Å². The van der Waals surface area contributed by atoms with Gasteiger partial charge in [0.2, 0.25) is 15.9 Å². The number of carbonyl (C=O) groups is 1. The number of hydrogen-bond acceptors (Lipinski definition) is 5. The first kappa shape index (κ1) is 16.3. The van der Waals surface area contributed by atoms with Crippen LogP contribution in [0.25, 0.3) is 0 Å². The molecule has 8 heteroatoms. The minimum Gasteiger partial charge on any atom is -0.397 e. The lowest BCUT2D eigenvalue weighted by molar-refractivity contribution is -0.127. The molecule has 4 N–H and O–H groups in total. The highest BCUT2D eigenvalue weighted by atomic mass is 32.2. The van der Waals surface area contributed by atoms with E-state index in [2.05, 4.69) is 10.0 Å². The second-order valence-electron chi connectivity index (χ2n) is 4.22. The summed E-state index contributed by atoms with van der Waals surface area (Å²) in [5.41, 5.74) is 6.56. The third-order valence-corrected chi connectivity index (χ3v) is 4.35. The molecule has 0 aromatic heterocycles. The minimum absolute atomic E-state index is 0.0532. The van der Waals surface area contributed by atoms with Crippen LogP contribution in [-0.4, -0.2) is 46.4 Å². The van der Waals surface area contributed by atoms with E-state index < -0.39 is 10.0 Å². The van der Waals surface area contributed by atoms with Crippen molar-refractivity contribution in [1.29, 1.82) is 0 Å². The van der Waals surface area contributed by atoms with E-state index in [1.165, 1.54) is 25.2 Å². The lowest BCUT2D eigenvalue weighted by Gasteiger charge is -2.16. The van der Waals surface area contributed by atoms with E-state index in [1.807, 2.05) is 6.92 Å². The van der Waals surface area contributed by atoms with Gasteiger partial charge in [0.05, 0.1) is 22.8 Å². The van der Waals surface area contributed by atoms with Crippen molar-refractivity contribution in [2.45, 2.75) is 11.8 Å². The van der Waals surface area contributed by atoms with Crippen LogP contribution in [0.15, 0.2) is 23.1 Å². The van der Waals surface area contributed by atoms with Crippen LogP contribution in [0.1, 0.15) is 6.92 Å². The molecule has 112 valence electrons.